The van der Waals surface area contributed by atoms with Gasteiger partial charge in [-0.15, -0.1) is 0 Å². The number of halogens is 3. The summed E-state index contributed by atoms with van der Waals surface area (Å²) in [7, 11) is 0. The van der Waals surface area contributed by atoms with Crippen molar-refractivity contribution < 1.29 is 22.8 Å². The van der Waals surface area contributed by atoms with Crippen LogP contribution in [0.2, 0.25) is 0 Å². The SMILES string of the molecule is O=C1C(=Cc2ccccc2C(F)(F)F)C(=O)c2ccccc21. The Kier molecular flexibility index (Phi) is 3.20. The first kappa shape index (κ1) is 14.3. The summed E-state index contributed by atoms with van der Waals surface area (Å²) in [6.07, 6.45) is -3.53. The average Bonchev–Trinajstić information content (AvgIpc) is 2.72. The molecule has 0 atom stereocenters. The molecule has 0 aliphatic heterocycles. The Morgan fingerprint density at radius 2 is 1.27 bits per heavy atom. The van der Waals surface area contributed by atoms with Crippen LogP contribution in [-0.4, -0.2) is 11.6 Å². The maximum Gasteiger partial charge on any atom is 0.416 e. The lowest BCUT2D eigenvalue weighted by atomic mass is 10.0. The van der Waals surface area contributed by atoms with Crippen molar-refractivity contribution in [1.29, 1.82) is 0 Å². The van der Waals surface area contributed by atoms with E-state index in [-0.39, 0.29) is 22.3 Å². The third kappa shape index (κ3) is 2.24. The van der Waals surface area contributed by atoms with Crippen molar-refractivity contribution in [2.24, 2.45) is 0 Å². The Hall–Kier alpha value is -2.69. The van der Waals surface area contributed by atoms with E-state index in [4.69, 9.17) is 0 Å². The molecule has 0 bridgehead atoms. The number of fused-ring (bicyclic) bond motifs is 1. The van der Waals surface area contributed by atoms with Crippen molar-refractivity contribution in [3.63, 3.8) is 0 Å². The number of hydrogen-bond donors (Lipinski definition) is 0. The van der Waals surface area contributed by atoms with Gasteiger partial charge in [0, 0.05) is 11.1 Å². The van der Waals surface area contributed by atoms with Gasteiger partial charge in [0.2, 0.25) is 0 Å². The summed E-state index contributed by atoms with van der Waals surface area (Å²) in [5, 5.41) is 0. The normalized spacial score (nSPS) is 14.2. The molecular weight excluding hydrogens is 293 g/mol. The van der Waals surface area contributed by atoms with Gasteiger partial charge in [-0.2, -0.15) is 13.2 Å². The molecule has 0 amide bonds. The number of alkyl halides is 3. The van der Waals surface area contributed by atoms with Crippen LogP contribution in [0.15, 0.2) is 54.1 Å². The van der Waals surface area contributed by atoms with E-state index in [0.29, 0.717) is 0 Å². The first-order valence-electron chi connectivity index (χ1n) is 6.46. The fraction of sp³-hybridized carbons (Fsp3) is 0.0588. The topological polar surface area (TPSA) is 34.1 Å². The number of Topliss-reactive ketones (excluding diaryl/α,β-unsaturated/α-hetero) is 2. The van der Waals surface area contributed by atoms with Crippen molar-refractivity contribution in [3.8, 4) is 0 Å². The summed E-state index contributed by atoms with van der Waals surface area (Å²) in [6.45, 7) is 0. The molecule has 3 rings (SSSR count). The van der Waals surface area contributed by atoms with Crippen LogP contribution in [0, 0.1) is 0 Å². The number of hydrogen-bond acceptors (Lipinski definition) is 2. The number of carbonyl (C=O) groups is 2. The number of carbonyl (C=O) groups excluding carboxylic acids is 2. The van der Waals surface area contributed by atoms with Gasteiger partial charge in [-0.3, -0.25) is 9.59 Å². The summed E-state index contributed by atoms with van der Waals surface area (Å²) < 4.78 is 38.9. The highest BCUT2D eigenvalue weighted by atomic mass is 19.4. The Morgan fingerprint density at radius 3 is 1.82 bits per heavy atom. The maximum absolute atomic E-state index is 13.0. The lowest BCUT2D eigenvalue weighted by Crippen LogP contribution is -2.08. The summed E-state index contributed by atoms with van der Waals surface area (Å²) >= 11 is 0. The summed E-state index contributed by atoms with van der Waals surface area (Å²) in [5.74, 6) is -1.09. The van der Waals surface area contributed by atoms with E-state index in [2.05, 4.69) is 0 Å². The Balaban J connectivity index is 2.13. The zero-order valence-corrected chi connectivity index (χ0v) is 11.1. The minimum absolute atomic E-state index is 0.195. The number of rotatable bonds is 1. The second kappa shape index (κ2) is 4.94. The van der Waals surface area contributed by atoms with Crippen LogP contribution in [0.3, 0.4) is 0 Å². The zero-order valence-electron chi connectivity index (χ0n) is 11.1. The first-order chi connectivity index (χ1) is 10.4. The molecule has 0 fully saturated rings. The van der Waals surface area contributed by atoms with E-state index in [1.807, 2.05) is 0 Å². The van der Waals surface area contributed by atoms with Crippen molar-refractivity contribution >= 4 is 17.6 Å². The molecule has 0 aromatic heterocycles. The minimum Gasteiger partial charge on any atom is -0.288 e. The second-order valence-corrected chi connectivity index (χ2v) is 4.85. The molecule has 2 nitrogen and oxygen atoms in total. The molecule has 110 valence electrons. The minimum atomic E-state index is -4.55. The van der Waals surface area contributed by atoms with Crippen LogP contribution in [0.1, 0.15) is 31.8 Å². The van der Waals surface area contributed by atoms with Crippen molar-refractivity contribution in [1.82, 2.24) is 0 Å². The van der Waals surface area contributed by atoms with Gasteiger partial charge >= 0.3 is 6.18 Å². The van der Waals surface area contributed by atoms with E-state index in [9.17, 15) is 22.8 Å². The van der Waals surface area contributed by atoms with Crippen LogP contribution in [-0.2, 0) is 6.18 Å². The molecule has 2 aromatic rings. The van der Waals surface area contributed by atoms with Crippen LogP contribution < -0.4 is 0 Å². The van der Waals surface area contributed by atoms with Crippen molar-refractivity contribution in [2.75, 3.05) is 0 Å². The predicted molar refractivity (Wildman–Crippen MR) is 74.5 cm³/mol. The molecule has 0 saturated carbocycles. The largest absolute Gasteiger partial charge is 0.416 e. The molecule has 0 saturated heterocycles. The molecular formula is C17H9F3O2. The highest BCUT2D eigenvalue weighted by Crippen LogP contribution is 2.34. The summed E-state index contributed by atoms with van der Waals surface area (Å²) in [6, 6.07) is 11.0. The molecule has 1 aliphatic carbocycles. The van der Waals surface area contributed by atoms with Gasteiger partial charge in [-0.25, -0.2) is 0 Å². The molecule has 0 radical (unpaired) electrons. The average molecular weight is 302 g/mol. The third-order valence-electron chi connectivity index (χ3n) is 3.47. The van der Waals surface area contributed by atoms with Gasteiger partial charge in [0.25, 0.3) is 0 Å². The number of benzene rings is 2. The van der Waals surface area contributed by atoms with Crippen LogP contribution in [0.25, 0.3) is 6.08 Å². The van der Waals surface area contributed by atoms with Crippen LogP contribution >= 0.6 is 0 Å². The van der Waals surface area contributed by atoms with Crippen LogP contribution in [0.5, 0.6) is 0 Å². The van der Waals surface area contributed by atoms with E-state index < -0.39 is 23.3 Å². The smallest absolute Gasteiger partial charge is 0.288 e. The molecule has 0 unspecified atom stereocenters. The fourth-order valence-electron chi connectivity index (χ4n) is 2.44. The summed E-state index contributed by atoms with van der Waals surface area (Å²) in [5.41, 5.74) is -0.858. The molecule has 0 heterocycles. The van der Waals surface area contributed by atoms with Crippen molar-refractivity contribution in [3.05, 3.63) is 76.4 Å². The van der Waals surface area contributed by atoms with Crippen LogP contribution in [0.4, 0.5) is 13.2 Å². The Labute approximate surface area is 123 Å². The van der Waals surface area contributed by atoms with Gasteiger partial charge < -0.3 is 0 Å². The van der Waals surface area contributed by atoms with E-state index in [1.54, 1.807) is 12.1 Å². The Morgan fingerprint density at radius 1 is 0.773 bits per heavy atom. The maximum atomic E-state index is 13.0. The predicted octanol–water partition coefficient (Wildman–Crippen LogP) is 4.17. The monoisotopic (exact) mass is 302 g/mol. The zero-order chi connectivity index (χ0) is 15.9. The van der Waals surface area contributed by atoms with Gasteiger partial charge in [0.05, 0.1) is 11.1 Å². The summed E-state index contributed by atoms with van der Waals surface area (Å²) in [4.78, 5) is 24.4. The standard InChI is InChI=1S/C17H9F3O2/c18-17(19,20)14-8-4-1-5-10(14)9-13-15(21)11-6-2-3-7-12(11)16(13)22/h1-9H. The molecule has 0 spiro atoms. The van der Waals surface area contributed by atoms with Gasteiger partial charge in [-0.05, 0) is 17.7 Å². The molecule has 0 N–H and O–H groups in total. The Bertz CT molecular complexity index is 780. The fourth-order valence-corrected chi connectivity index (χ4v) is 2.44. The number of ketones is 2. The lowest BCUT2D eigenvalue weighted by Gasteiger charge is -2.10. The van der Waals surface area contributed by atoms with Gasteiger partial charge in [0.15, 0.2) is 11.6 Å². The van der Waals surface area contributed by atoms with Gasteiger partial charge in [-0.1, -0.05) is 42.5 Å². The highest BCUT2D eigenvalue weighted by Gasteiger charge is 2.35. The third-order valence-corrected chi connectivity index (χ3v) is 3.47. The second-order valence-electron chi connectivity index (χ2n) is 4.85. The van der Waals surface area contributed by atoms with E-state index in [1.165, 1.54) is 30.3 Å². The molecule has 5 heteroatoms. The first-order valence-corrected chi connectivity index (χ1v) is 6.46. The molecule has 2 aromatic carbocycles. The van der Waals surface area contributed by atoms with Crippen molar-refractivity contribution in [2.45, 2.75) is 6.18 Å². The number of allylic oxidation sites excluding steroid dienone is 1. The van der Waals surface area contributed by atoms with E-state index in [0.717, 1.165) is 12.1 Å². The highest BCUT2D eigenvalue weighted by molar-refractivity contribution is 6.41. The molecule has 22 heavy (non-hydrogen) atoms. The van der Waals surface area contributed by atoms with Gasteiger partial charge in [0.1, 0.15) is 0 Å². The lowest BCUT2D eigenvalue weighted by molar-refractivity contribution is -0.137. The molecule has 1 aliphatic rings. The quantitative estimate of drug-likeness (QED) is 0.585. The van der Waals surface area contributed by atoms with E-state index >= 15 is 0 Å².